The lowest BCUT2D eigenvalue weighted by Crippen LogP contribution is -1.88. The molecule has 0 radical (unpaired) electrons. The molecule has 0 aliphatic heterocycles. The Labute approximate surface area is 219 Å². The number of hydrogen-bond donors (Lipinski definition) is 0. The number of oxazole rings is 2. The van der Waals surface area contributed by atoms with Crippen LogP contribution in [0.25, 0.3) is 22.7 Å². The summed E-state index contributed by atoms with van der Waals surface area (Å²) in [4.78, 5) is 8.65. The summed E-state index contributed by atoms with van der Waals surface area (Å²) in [5, 5.41) is 3.84. The molecule has 0 aliphatic carbocycles. The van der Waals surface area contributed by atoms with Gasteiger partial charge in [0.25, 0.3) is 0 Å². The van der Waals surface area contributed by atoms with Crippen LogP contribution in [0.15, 0.2) is 92.7 Å². The summed E-state index contributed by atoms with van der Waals surface area (Å²) in [6.07, 6.45) is 3.24. The quantitative estimate of drug-likeness (QED) is 0.240. The van der Waals surface area contributed by atoms with E-state index in [4.69, 9.17) is 13.4 Å². The van der Waals surface area contributed by atoms with Crippen molar-refractivity contribution >= 4 is 0 Å². The average molecular weight is 500 g/mol. The summed E-state index contributed by atoms with van der Waals surface area (Å²) in [5.41, 5.74) is 5.14. The van der Waals surface area contributed by atoms with E-state index in [9.17, 15) is 0 Å². The molecule has 37 heavy (non-hydrogen) atoms. The van der Waals surface area contributed by atoms with Gasteiger partial charge in [0.1, 0.15) is 23.5 Å². The highest BCUT2D eigenvalue weighted by Crippen LogP contribution is 2.27. The summed E-state index contributed by atoms with van der Waals surface area (Å²) >= 11 is 0. The van der Waals surface area contributed by atoms with Crippen LogP contribution in [0.4, 0.5) is 0 Å². The minimum Gasteiger partial charge on any atom is -0.448 e. The van der Waals surface area contributed by atoms with Crippen molar-refractivity contribution < 1.29 is 13.4 Å². The van der Waals surface area contributed by atoms with E-state index in [-0.39, 0.29) is 0 Å². The van der Waals surface area contributed by atoms with Crippen LogP contribution >= 0.6 is 0 Å². The van der Waals surface area contributed by atoms with Crippen LogP contribution < -0.4 is 0 Å². The normalized spacial score (nSPS) is 10.8. The second-order valence-corrected chi connectivity index (χ2v) is 9.70. The van der Waals surface area contributed by atoms with Crippen molar-refractivity contribution in [3.05, 3.63) is 102 Å². The van der Waals surface area contributed by atoms with E-state index in [1.165, 1.54) is 6.39 Å². The molecule has 0 spiro atoms. The lowest BCUT2D eigenvalue weighted by atomic mass is 10.0. The number of hydrogen-bond acceptors (Lipinski definition) is 6. The van der Waals surface area contributed by atoms with Crippen molar-refractivity contribution in [3.63, 3.8) is 0 Å². The van der Waals surface area contributed by atoms with Gasteiger partial charge in [-0.05, 0) is 30.9 Å². The molecule has 3 heterocycles. The van der Waals surface area contributed by atoms with E-state index in [0.29, 0.717) is 23.6 Å². The fraction of sp³-hybridized carbons (Fsp3) is 0.323. The molecule has 5 rings (SSSR count). The third kappa shape index (κ3) is 8.04. The molecule has 2 aromatic carbocycles. The highest BCUT2D eigenvalue weighted by molar-refractivity contribution is 5.61. The second kappa shape index (κ2) is 13.4. The maximum absolute atomic E-state index is 5.40. The Morgan fingerprint density at radius 1 is 0.676 bits per heavy atom. The van der Waals surface area contributed by atoms with Gasteiger partial charge in [0.05, 0.1) is 11.4 Å². The molecule has 0 N–H and O–H groups in total. The van der Waals surface area contributed by atoms with E-state index in [1.807, 2.05) is 73.7 Å². The van der Waals surface area contributed by atoms with Crippen LogP contribution in [-0.4, -0.2) is 15.1 Å². The largest absolute Gasteiger partial charge is 0.448 e. The van der Waals surface area contributed by atoms with Crippen LogP contribution in [-0.2, 0) is 0 Å². The standard InChI is InChI=1S/2C12H13NO.C7H11NO/c1-9(2)12-11(13-8-14-12)10-6-4-3-5-7-10;1-9(2)11-8-14-12(13-11)10-6-4-3-5-7-10;1-5(2)7-4-6(3)9-8-7/h2*3-9H,1-2H3;4-5H,1-3H3. The Balaban J connectivity index is 0.000000159. The first kappa shape index (κ1) is 27.7. The molecule has 194 valence electrons. The van der Waals surface area contributed by atoms with Crippen LogP contribution in [0.2, 0.25) is 0 Å². The topological polar surface area (TPSA) is 78.1 Å². The molecule has 6 heteroatoms. The molecule has 0 saturated heterocycles. The maximum Gasteiger partial charge on any atom is 0.226 e. The van der Waals surface area contributed by atoms with E-state index in [1.54, 1.807) is 6.26 Å². The highest BCUT2D eigenvalue weighted by Gasteiger charge is 2.13. The lowest BCUT2D eigenvalue weighted by molar-refractivity contribution is 0.388. The molecule has 0 atom stereocenters. The molecule has 3 aromatic heterocycles. The molecule has 0 bridgehead atoms. The van der Waals surface area contributed by atoms with Crippen molar-refractivity contribution in [1.29, 1.82) is 0 Å². The van der Waals surface area contributed by atoms with E-state index in [2.05, 4.69) is 56.7 Å². The van der Waals surface area contributed by atoms with Crippen LogP contribution in [0.3, 0.4) is 0 Å². The molecule has 0 unspecified atom stereocenters. The van der Waals surface area contributed by atoms with Crippen LogP contribution in [0.1, 0.15) is 82.2 Å². The number of benzene rings is 2. The summed E-state index contributed by atoms with van der Waals surface area (Å²) < 4.78 is 15.6. The summed E-state index contributed by atoms with van der Waals surface area (Å²) in [5.74, 6) is 3.80. The first-order valence-corrected chi connectivity index (χ1v) is 12.7. The van der Waals surface area contributed by atoms with Gasteiger partial charge in [-0.25, -0.2) is 9.97 Å². The fourth-order valence-electron chi connectivity index (χ4n) is 3.40. The first-order valence-electron chi connectivity index (χ1n) is 12.7. The van der Waals surface area contributed by atoms with Crippen molar-refractivity contribution in [2.24, 2.45) is 0 Å². The van der Waals surface area contributed by atoms with E-state index >= 15 is 0 Å². The Morgan fingerprint density at radius 2 is 1.27 bits per heavy atom. The molecule has 0 fully saturated rings. The van der Waals surface area contributed by atoms with Gasteiger partial charge in [-0.2, -0.15) is 0 Å². The van der Waals surface area contributed by atoms with Gasteiger partial charge in [0.15, 0.2) is 6.39 Å². The first-order chi connectivity index (χ1) is 17.8. The van der Waals surface area contributed by atoms with Gasteiger partial charge in [-0.3, -0.25) is 0 Å². The summed E-state index contributed by atoms with van der Waals surface area (Å²) in [7, 11) is 0. The Bertz CT molecular complexity index is 1320. The van der Waals surface area contributed by atoms with Crippen LogP contribution in [0, 0.1) is 6.92 Å². The lowest BCUT2D eigenvalue weighted by Gasteiger charge is -2.03. The zero-order valence-corrected chi connectivity index (χ0v) is 22.8. The molecule has 0 aliphatic rings. The van der Waals surface area contributed by atoms with Gasteiger partial charge in [0, 0.05) is 23.1 Å². The summed E-state index contributed by atoms with van der Waals surface area (Å²) in [6, 6.07) is 22.0. The van der Waals surface area contributed by atoms with Gasteiger partial charge in [0.2, 0.25) is 5.89 Å². The Morgan fingerprint density at radius 3 is 1.73 bits per heavy atom. The van der Waals surface area contributed by atoms with Crippen molar-refractivity contribution in [2.75, 3.05) is 0 Å². The molecule has 0 saturated carbocycles. The van der Waals surface area contributed by atoms with Gasteiger partial charge in [-0.15, -0.1) is 0 Å². The van der Waals surface area contributed by atoms with Gasteiger partial charge >= 0.3 is 0 Å². The predicted octanol–water partition coefficient (Wildman–Crippen LogP) is 9.04. The van der Waals surface area contributed by atoms with Crippen LogP contribution in [0.5, 0.6) is 0 Å². The van der Waals surface area contributed by atoms with Gasteiger partial charge < -0.3 is 13.4 Å². The SMILES string of the molecule is CC(C)c1coc(-c2ccccc2)n1.CC(C)c1ocnc1-c1ccccc1.Cc1cc(C(C)C)no1. The predicted molar refractivity (Wildman–Crippen MR) is 147 cm³/mol. The van der Waals surface area contributed by atoms with E-state index < -0.39 is 0 Å². The molecular formula is C31H37N3O3. The molecular weight excluding hydrogens is 462 g/mol. The zero-order valence-electron chi connectivity index (χ0n) is 22.8. The third-order valence-electron chi connectivity index (χ3n) is 5.54. The maximum atomic E-state index is 5.40. The minimum atomic E-state index is 0.368. The van der Waals surface area contributed by atoms with Crippen molar-refractivity contribution in [1.82, 2.24) is 15.1 Å². The van der Waals surface area contributed by atoms with Crippen molar-refractivity contribution in [2.45, 2.75) is 66.2 Å². The van der Waals surface area contributed by atoms with Gasteiger partial charge in [-0.1, -0.05) is 95.2 Å². The van der Waals surface area contributed by atoms with E-state index in [0.717, 1.165) is 39.7 Å². The number of aromatic nitrogens is 3. The Kier molecular flexibility index (Phi) is 10.0. The fourth-order valence-corrected chi connectivity index (χ4v) is 3.40. The monoisotopic (exact) mass is 499 g/mol. The number of nitrogens with zero attached hydrogens (tertiary/aromatic N) is 3. The number of rotatable bonds is 5. The molecule has 5 aromatic rings. The smallest absolute Gasteiger partial charge is 0.226 e. The number of aryl methyl sites for hydroxylation is 1. The Hall–Kier alpha value is -3.93. The average Bonchev–Trinajstić information content (AvgIpc) is 3.66. The highest BCUT2D eigenvalue weighted by atomic mass is 16.5. The minimum absolute atomic E-state index is 0.368. The van der Waals surface area contributed by atoms with Crippen molar-refractivity contribution in [3.8, 4) is 22.7 Å². The third-order valence-corrected chi connectivity index (χ3v) is 5.54. The molecule has 6 nitrogen and oxygen atoms in total. The summed E-state index contributed by atoms with van der Waals surface area (Å²) in [6.45, 7) is 14.5. The molecule has 0 amide bonds. The zero-order chi connectivity index (χ0) is 26.8. The second-order valence-electron chi connectivity index (χ2n) is 9.70.